The van der Waals surface area contributed by atoms with Crippen LogP contribution in [0.3, 0.4) is 0 Å². The van der Waals surface area contributed by atoms with Crippen LogP contribution in [0.1, 0.15) is 40.5 Å². The second kappa shape index (κ2) is 9.45. The molecular weight excluding hydrogens is 366 g/mol. The lowest BCUT2D eigenvalue weighted by molar-refractivity contribution is 0.0802. The molecule has 0 aliphatic carbocycles. The van der Waals surface area contributed by atoms with Gasteiger partial charge in [-0.1, -0.05) is 18.2 Å². The van der Waals surface area contributed by atoms with Crippen molar-refractivity contribution in [1.29, 1.82) is 0 Å². The largest absolute Gasteiger partial charge is 0.497 e. The summed E-state index contributed by atoms with van der Waals surface area (Å²) >= 11 is 0. The third-order valence-electron chi connectivity index (χ3n) is 5.46. The summed E-state index contributed by atoms with van der Waals surface area (Å²) in [4.78, 5) is 29.2. The minimum absolute atomic E-state index is 0.0385. The number of methoxy groups -OCH3 is 1. The minimum atomic E-state index is -0.0810. The number of hydrogen-bond acceptors (Lipinski definition) is 4. The fourth-order valence-corrected chi connectivity index (χ4v) is 3.58. The Morgan fingerprint density at radius 2 is 1.86 bits per heavy atom. The molecule has 154 valence electrons. The molecular formula is C23H29N3O3. The fourth-order valence-electron chi connectivity index (χ4n) is 3.58. The van der Waals surface area contributed by atoms with Gasteiger partial charge in [0.25, 0.3) is 11.8 Å². The Kier molecular flexibility index (Phi) is 6.75. The number of nitrogens with one attached hydrogen (secondary N) is 1. The van der Waals surface area contributed by atoms with Gasteiger partial charge in [0, 0.05) is 44.0 Å². The minimum Gasteiger partial charge on any atom is -0.497 e. The fraction of sp³-hybridized carbons (Fsp3) is 0.391. The van der Waals surface area contributed by atoms with Crippen LogP contribution >= 0.6 is 0 Å². The van der Waals surface area contributed by atoms with Crippen molar-refractivity contribution in [2.24, 2.45) is 0 Å². The Labute approximate surface area is 172 Å². The molecule has 6 heteroatoms. The topological polar surface area (TPSA) is 61.9 Å². The molecule has 0 radical (unpaired) electrons. The highest BCUT2D eigenvalue weighted by atomic mass is 16.5. The number of para-hydroxylation sites is 1. The number of nitrogens with zero attached hydrogens (tertiary/aromatic N) is 2. The number of benzene rings is 2. The molecule has 0 saturated carbocycles. The molecule has 0 spiro atoms. The van der Waals surface area contributed by atoms with E-state index in [1.54, 1.807) is 24.1 Å². The number of ether oxygens (including phenoxy) is 1. The molecule has 2 aromatic rings. The van der Waals surface area contributed by atoms with E-state index < -0.39 is 0 Å². The maximum absolute atomic E-state index is 12.7. The van der Waals surface area contributed by atoms with Crippen molar-refractivity contribution in [2.75, 3.05) is 38.7 Å². The van der Waals surface area contributed by atoms with E-state index in [1.807, 2.05) is 50.4 Å². The van der Waals surface area contributed by atoms with Crippen LogP contribution in [-0.4, -0.2) is 56.5 Å². The van der Waals surface area contributed by atoms with Crippen molar-refractivity contribution < 1.29 is 14.3 Å². The van der Waals surface area contributed by atoms with Crippen LogP contribution in [0, 0.1) is 0 Å². The molecule has 2 aromatic carbocycles. The normalized spacial score (nSPS) is 14.4. The summed E-state index contributed by atoms with van der Waals surface area (Å²) < 4.78 is 5.20. The maximum atomic E-state index is 12.7. The molecule has 1 fully saturated rings. The first-order valence-corrected chi connectivity index (χ1v) is 10.1. The van der Waals surface area contributed by atoms with E-state index in [-0.39, 0.29) is 17.9 Å². The maximum Gasteiger partial charge on any atom is 0.255 e. The van der Waals surface area contributed by atoms with Gasteiger partial charge in [0.05, 0.1) is 12.7 Å². The van der Waals surface area contributed by atoms with E-state index in [1.165, 1.54) is 0 Å². The van der Waals surface area contributed by atoms with Crippen molar-refractivity contribution in [1.82, 2.24) is 10.2 Å². The quantitative estimate of drug-likeness (QED) is 0.816. The summed E-state index contributed by atoms with van der Waals surface area (Å²) in [5.74, 6) is 0.629. The first kappa shape index (κ1) is 20.7. The highest BCUT2D eigenvalue weighted by Gasteiger charge is 2.24. The number of carbonyl (C=O) groups excluding carboxylic acids is 2. The van der Waals surface area contributed by atoms with Crippen LogP contribution in [0.15, 0.2) is 48.5 Å². The Hall–Kier alpha value is -3.02. The van der Waals surface area contributed by atoms with Crippen molar-refractivity contribution in [3.8, 4) is 5.75 Å². The zero-order chi connectivity index (χ0) is 20.8. The van der Waals surface area contributed by atoms with Crippen LogP contribution in [0.5, 0.6) is 5.75 Å². The monoisotopic (exact) mass is 395 g/mol. The molecule has 0 unspecified atom stereocenters. The number of anilines is 1. The molecule has 0 atom stereocenters. The van der Waals surface area contributed by atoms with Gasteiger partial charge in [-0.15, -0.1) is 0 Å². The number of piperidine rings is 1. The molecule has 0 bridgehead atoms. The molecule has 2 amide bonds. The average molecular weight is 396 g/mol. The van der Waals surface area contributed by atoms with Gasteiger partial charge in [0.1, 0.15) is 5.75 Å². The SMILES string of the molecule is CCN(C)C(=O)c1ccccc1N1CCC(NC(=O)c2cccc(OC)c2)CC1. The number of carbonyl (C=O) groups is 2. The highest BCUT2D eigenvalue weighted by molar-refractivity contribution is 5.99. The summed E-state index contributed by atoms with van der Waals surface area (Å²) in [7, 11) is 3.41. The molecule has 0 aromatic heterocycles. The highest BCUT2D eigenvalue weighted by Crippen LogP contribution is 2.25. The van der Waals surface area contributed by atoms with E-state index >= 15 is 0 Å². The van der Waals surface area contributed by atoms with Crippen molar-refractivity contribution >= 4 is 17.5 Å². The number of hydrogen-bond donors (Lipinski definition) is 1. The second-order valence-corrected chi connectivity index (χ2v) is 7.30. The van der Waals surface area contributed by atoms with Crippen LogP contribution in [0.25, 0.3) is 0 Å². The average Bonchev–Trinajstić information content (AvgIpc) is 2.78. The first-order chi connectivity index (χ1) is 14.0. The van der Waals surface area contributed by atoms with E-state index in [0.717, 1.165) is 37.2 Å². The van der Waals surface area contributed by atoms with Gasteiger partial charge in [0.15, 0.2) is 0 Å². The second-order valence-electron chi connectivity index (χ2n) is 7.30. The zero-order valence-electron chi connectivity index (χ0n) is 17.4. The molecule has 1 aliphatic rings. The van der Waals surface area contributed by atoms with Crippen LogP contribution < -0.4 is 15.0 Å². The van der Waals surface area contributed by atoms with Crippen LogP contribution in [0.4, 0.5) is 5.69 Å². The number of rotatable bonds is 6. The predicted octanol–water partition coefficient (Wildman–Crippen LogP) is 3.19. The third-order valence-corrected chi connectivity index (χ3v) is 5.46. The van der Waals surface area contributed by atoms with Crippen molar-refractivity contribution in [3.05, 3.63) is 59.7 Å². The predicted molar refractivity (Wildman–Crippen MR) is 115 cm³/mol. The molecule has 3 rings (SSSR count). The molecule has 6 nitrogen and oxygen atoms in total. The Bertz CT molecular complexity index is 860. The Morgan fingerprint density at radius 3 is 2.55 bits per heavy atom. The lowest BCUT2D eigenvalue weighted by atomic mass is 10.0. The van der Waals surface area contributed by atoms with Crippen molar-refractivity contribution in [2.45, 2.75) is 25.8 Å². The van der Waals surface area contributed by atoms with Crippen molar-refractivity contribution in [3.63, 3.8) is 0 Å². The van der Waals surface area contributed by atoms with Gasteiger partial charge in [-0.05, 0) is 50.1 Å². The molecule has 1 heterocycles. The van der Waals surface area contributed by atoms with E-state index in [9.17, 15) is 9.59 Å². The lowest BCUT2D eigenvalue weighted by Crippen LogP contribution is -2.45. The summed E-state index contributed by atoms with van der Waals surface area (Å²) in [6, 6.07) is 15.1. The summed E-state index contributed by atoms with van der Waals surface area (Å²) in [6.07, 6.45) is 1.67. The summed E-state index contributed by atoms with van der Waals surface area (Å²) in [5.41, 5.74) is 2.30. The van der Waals surface area contributed by atoms with Gasteiger partial charge < -0.3 is 19.9 Å². The summed E-state index contributed by atoms with van der Waals surface area (Å²) in [5, 5.41) is 3.13. The molecule has 29 heavy (non-hydrogen) atoms. The Morgan fingerprint density at radius 1 is 1.14 bits per heavy atom. The lowest BCUT2D eigenvalue weighted by Gasteiger charge is -2.35. The van der Waals surface area contributed by atoms with Crippen LogP contribution in [0.2, 0.25) is 0 Å². The standard InChI is InChI=1S/C23H29N3O3/c1-4-25(2)23(28)20-10-5-6-11-21(20)26-14-12-18(13-15-26)24-22(27)17-8-7-9-19(16-17)29-3/h5-11,16,18H,4,12-15H2,1-3H3,(H,24,27). The van der Waals surface area contributed by atoms with Gasteiger partial charge in [-0.25, -0.2) is 0 Å². The van der Waals surface area contributed by atoms with Gasteiger partial charge in [-0.2, -0.15) is 0 Å². The summed E-state index contributed by atoms with van der Waals surface area (Å²) in [6.45, 7) is 4.23. The van der Waals surface area contributed by atoms with Gasteiger partial charge in [-0.3, -0.25) is 9.59 Å². The third kappa shape index (κ3) is 4.88. The van der Waals surface area contributed by atoms with Crippen LogP contribution in [-0.2, 0) is 0 Å². The van der Waals surface area contributed by atoms with E-state index in [0.29, 0.717) is 17.9 Å². The molecule has 1 saturated heterocycles. The smallest absolute Gasteiger partial charge is 0.255 e. The van der Waals surface area contributed by atoms with E-state index in [4.69, 9.17) is 4.74 Å². The van der Waals surface area contributed by atoms with Gasteiger partial charge >= 0.3 is 0 Å². The Balaban J connectivity index is 1.62. The molecule has 1 N–H and O–H groups in total. The first-order valence-electron chi connectivity index (χ1n) is 10.1. The zero-order valence-corrected chi connectivity index (χ0v) is 17.4. The van der Waals surface area contributed by atoms with E-state index in [2.05, 4.69) is 10.2 Å². The molecule has 1 aliphatic heterocycles. The van der Waals surface area contributed by atoms with Gasteiger partial charge in [0.2, 0.25) is 0 Å². The number of amides is 2.